The highest BCUT2D eigenvalue weighted by molar-refractivity contribution is 5.74. The number of carbonyl (C=O) groups is 2. The largest absolute Gasteiger partial charge is 0.481 e. The van der Waals surface area contributed by atoms with Crippen molar-refractivity contribution in [1.82, 2.24) is 4.90 Å². The molecule has 1 aliphatic heterocycles. The minimum Gasteiger partial charge on any atom is -0.481 e. The summed E-state index contributed by atoms with van der Waals surface area (Å²) in [4.78, 5) is 25.2. The quantitative estimate of drug-likeness (QED) is 0.850. The average Bonchev–Trinajstić information content (AvgIpc) is 2.40. The van der Waals surface area contributed by atoms with Crippen molar-refractivity contribution in [1.29, 1.82) is 0 Å². The number of carboxylic acid groups (broad SMARTS) is 1. The summed E-state index contributed by atoms with van der Waals surface area (Å²) in [5.74, 6) is -0.894. The molecule has 1 aromatic rings. The Morgan fingerprint density at radius 3 is 2.23 bits per heavy atom. The number of hydrogen-bond donors (Lipinski definition) is 2. The highest BCUT2D eigenvalue weighted by Crippen LogP contribution is 2.35. The smallest absolute Gasteiger partial charge is 0.410 e. The molecule has 1 saturated heterocycles. The number of hydrogen-bond acceptors (Lipinski definition) is 4. The highest BCUT2D eigenvalue weighted by atomic mass is 16.6. The summed E-state index contributed by atoms with van der Waals surface area (Å²) in [6, 6.07) is 7.90. The number of aliphatic carboxylic acids is 1. The monoisotopic (exact) mass is 362 g/mol. The van der Waals surface area contributed by atoms with Gasteiger partial charge in [-0.2, -0.15) is 0 Å². The third kappa shape index (κ3) is 4.90. The third-order valence-corrected chi connectivity index (χ3v) is 4.26. The Hall–Kier alpha value is -2.24. The van der Waals surface area contributed by atoms with Crippen LogP contribution in [0.25, 0.3) is 0 Å². The fraction of sp³-hybridized carbons (Fsp3) is 0.600. The van der Waals surface area contributed by atoms with Crippen LogP contribution in [0.5, 0.6) is 0 Å². The number of nitrogens with zero attached hydrogens (tertiary/aromatic N) is 1. The molecule has 0 spiro atoms. The zero-order valence-corrected chi connectivity index (χ0v) is 16.5. The van der Waals surface area contributed by atoms with Crippen molar-refractivity contribution in [2.75, 3.05) is 18.4 Å². The predicted octanol–water partition coefficient (Wildman–Crippen LogP) is 3.86. The minimum atomic E-state index is -0.894. The molecule has 2 rings (SSSR count). The molecule has 0 aliphatic carbocycles. The Morgan fingerprint density at radius 1 is 1.15 bits per heavy atom. The van der Waals surface area contributed by atoms with Crippen molar-refractivity contribution in [3.63, 3.8) is 0 Å². The van der Waals surface area contributed by atoms with Gasteiger partial charge in [0.05, 0.1) is 12.0 Å². The van der Waals surface area contributed by atoms with Gasteiger partial charge in [0.25, 0.3) is 0 Å². The Bertz CT molecular complexity index is 680. The summed E-state index contributed by atoms with van der Waals surface area (Å²) in [7, 11) is 0. The first-order chi connectivity index (χ1) is 11.8. The maximum atomic E-state index is 12.2. The van der Waals surface area contributed by atoms with Gasteiger partial charge in [0.15, 0.2) is 0 Å². The van der Waals surface area contributed by atoms with Crippen molar-refractivity contribution in [3.05, 3.63) is 29.8 Å². The van der Waals surface area contributed by atoms with Gasteiger partial charge in [-0.15, -0.1) is 0 Å². The van der Waals surface area contributed by atoms with Gasteiger partial charge in [-0.1, -0.05) is 39.0 Å². The lowest BCUT2D eigenvalue weighted by molar-refractivity contribution is -0.139. The van der Waals surface area contributed by atoms with Gasteiger partial charge in [0.1, 0.15) is 5.60 Å². The van der Waals surface area contributed by atoms with Gasteiger partial charge in [0, 0.05) is 18.8 Å². The van der Waals surface area contributed by atoms with Crippen LogP contribution in [0.1, 0.15) is 53.5 Å². The molecule has 1 amide bonds. The van der Waals surface area contributed by atoms with E-state index >= 15 is 0 Å². The molecule has 0 unspecified atom stereocenters. The predicted molar refractivity (Wildman–Crippen MR) is 102 cm³/mol. The van der Waals surface area contributed by atoms with Crippen LogP contribution in [-0.2, 0) is 14.9 Å². The number of carbonyl (C=O) groups excluding carboxylic acids is 1. The molecule has 0 aromatic heterocycles. The molecule has 0 bridgehead atoms. The van der Waals surface area contributed by atoms with Gasteiger partial charge < -0.3 is 20.1 Å². The van der Waals surface area contributed by atoms with Crippen LogP contribution in [0, 0.1) is 0 Å². The third-order valence-electron chi connectivity index (χ3n) is 4.26. The molecule has 0 saturated carbocycles. The molecular weight excluding hydrogens is 332 g/mol. The molecule has 6 nitrogen and oxygen atoms in total. The Labute approximate surface area is 155 Å². The van der Waals surface area contributed by atoms with E-state index < -0.39 is 23.2 Å². The Kier molecular flexibility index (Phi) is 5.26. The van der Waals surface area contributed by atoms with Crippen LogP contribution < -0.4 is 5.32 Å². The van der Waals surface area contributed by atoms with E-state index in [0.29, 0.717) is 13.1 Å². The number of para-hydroxylation sites is 1. The molecule has 1 heterocycles. The second kappa shape index (κ2) is 6.82. The van der Waals surface area contributed by atoms with Gasteiger partial charge in [-0.3, -0.25) is 4.79 Å². The van der Waals surface area contributed by atoms with Crippen molar-refractivity contribution >= 4 is 17.7 Å². The maximum Gasteiger partial charge on any atom is 0.410 e. The van der Waals surface area contributed by atoms with Gasteiger partial charge in [-0.05, 0) is 37.8 Å². The zero-order chi connectivity index (χ0) is 19.8. The van der Waals surface area contributed by atoms with Crippen molar-refractivity contribution in [2.45, 2.75) is 64.5 Å². The maximum absolute atomic E-state index is 12.2. The van der Waals surface area contributed by atoms with Crippen LogP contribution in [0.4, 0.5) is 10.5 Å². The number of amides is 1. The molecular formula is C20H30N2O4. The van der Waals surface area contributed by atoms with Crippen molar-refractivity contribution in [3.8, 4) is 0 Å². The normalized spacial score (nSPS) is 16.6. The highest BCUT2D eigenvalue weighted by Gasteiger charge is 2.48. The lowest BCUT2D eigenvalue weighted by atomic mass is 9.82. The molecule has 2 N–H and O–H groups in total. The number of benzene rings is 1. The lowest BCUT2D eigenvalue weighted by Crippen LogP contribution is -2.68. The van der Waals surface area contributed by atoms with Gasteiger partial charge in [-0.25, -0.2) is 4.79 Å². The lowest BCUT2D eigenvalue weighted by Gasteiger charge is -2.50. The van der Waals surface area contributed by atoms with Crippen LogP contribution in [0.2, 0.25) is 0 Å². The first-order valence-electron chi connectivity index (χ1n) is 8.89. The van der Waals surface area contributed by atoms with Crippen molar-refractivity contribution < 1.29 is 19.4 Å². The van der Waals surface area contributed by atoms with E-state index in [9.17, 15) is 14.7 Å². The number of ether oxygens (including phenoxy) is 1. The van der Waals surface area contributed by atoms with Crippen LogP contribution in [-0.4, -0.2) is 46.3 Å². The summed E-state index contributed by atoms with van der Waals surface area (Å²) in [5, 5.41) is 12.8. The topological polar surface area (TPSA) is 78.9 Å². The second-order valence-corrected chi connectivity index (χ2v) is 9.11. The van der Waals surface area contributed by atoms with Crippen LogP contribution in [0.3, 0.4) is 0 Å². The number of nitrogens with one attached hydrogen (secondary N) is 1. The SMILES string of the molecule is CC(C)(C)OC(=O)N1CC(CC(=O)O)(Nc2ccccc2C(C)(C)C)C1. The average molecular weight is 362 g/mol. The zero-order valence-electron chi connectivity index (χ0n) is 16.5. The molecule has 1 aromatic carbocycles. The first kappa shape index (κ1) is 20.1. The summed E-state index contributed by atoms with van der Waals surface area (Å²) < 4.78 is 5.38. The second-order valence-electron chi connectivity index (χ2n) is 9.11. The van der Waals surface area contributed by atoms with Crippen molar-refractivity contribution in [2.24, 2.45) is 0 Å². The molecule has 0 radical (unpaired) electrons. The van der Waals surface area contributed by atoms with Crippen LogP contribution >= 0.6 is 0 Å². The summed E-state index contributed by atoms with van der Waals surface area (Å²) in [6.07, 6.45) is -0.477. The molecule has 26 heavy (non-hydrogen) atoms. The molecule has 0 atom stereocenters. The minimum absolute atomic E-state index is 0.0647. The van der Waals surface area contributed by atoms with Gasteiger partial charge >= 0.3 is 12.1 Å². The summed E-state index contributed by atoms with van der Waals surface area (Å²) >= 11 is 0. The first-order valence-corrected chi connectivity index (χ1v) is 8.89. The number of carboxylic acids is 1. The fourth-order valence-electron chi connectivity index (χ4n) is 3.20. The summed E-state index contributed by atoms with van der Waals surface area (Å²) in [5.41, 5.74) is 0.673. The Morgan fingerprint density at radius 2 is 1.73 bits per heavy atom. The van der Waals surface area contributed by atoms with E-state index in [2.05, 4.69) is 26.1 Å². The fourth-order valence-corrected chi connectivity index (χ4v) is 3.20. The molecule has 1 aliphatic rings. The summed E-state index contributed by atoms with van der Waals surface area (Å²) in [6.45, 7) is 12.4. The molecule has 144 valence electrons. The van der Waals surface area contributed by atoms with E-state index in [1.165, 1.54) is 0 Å². The van der Waals surface area contributed by atoms with E-state index in [4.69, 9.17) is 4.74 Å². The standard InChI is InChI=1S/C20H30N2O4/c1-18(2,3)14-9-7-8-10-15(14)21-20(11-16(23)24)12-22(13-20)17(25)26-19(4,5)6/h7-10,21H,11-13H2,1-6H3,(H,23,24). The van der Waals surface area contributed by atoms with E-state index in [-0.39, 0.29) is 11.8 Å². The Balaban J connectivity index is 2.19. The molecule has 1 fully saturated rings. The number of rotatable bonds is 4. The molecule has 6 heteroatoms. The number of anilines is 1. The number of likely N-dealkylation sites (tertiary alicyclic amines) is 1. The van der Waals surface area contributed by atoms with E-state index in [1.807, 2.05) is 45.0 Å². The van der Waals surface area contributed by atoms with Crippen LogP contribution in [0.15, 0.2) is 24.3 Å². The van der Waals surface area contributed by atoms with Gasteiger partial charge in [0.2, 0.25) is 0 Å². The van der Waals surface area contributed by atoms with E-state index in [0.717, 1.165) is 11.3 Å². The van der Waals surface area contributed by atoms with E-state index in [1.54, 1.807) is 4.90 Å².